The Morgan fingerprint density at radius 2 is 2.55 bits per heavy atom. The number of carbonyl (C=O) groups excluding carboxylic acids is 1. The Morgan fingerprint density at radius 3 is 3.09 bits per heavy atom. The number of rotatable bonds is 2. The molecule has 2 heteroatoms. The van der Waals surface area contributed by atoms with Crippen LogP contribution in [-0.4, -0.2) is 18.7 Å². The summed E-state index contributed by atoms with van der Waals surface area (Å²) in [4.78, 5) is 11.2. The molecule has 0 radical (unpaired) electrons. The van der Waals surface area contributed by atoms with Crippen molar-refractivity contribution < 1.29 is 4.79 Å². The Balaban J connectivity index is 2.66. The van der Waals surface area contributed by atoms with Crippen LogP contribution in [-0.2, 0) is 4.79 Å². The van der Waals surface area contributed by atoms with Crippen LogP contribution in [0.1, 0.15) is 12.8 Å². The standard InChI is InChI=1S/C9H11BO/c1-10-7-9(11)8-5-3-2-4-6-8/h2-3,5,7H,4,6H2,1H3. The van der Waals surface area contributed by atoms with E-state index < -0.39 is 0 Å². The second-order valence-corrected chi connectivity index (χ2v) is 2.52. The molecule has 0 amide bonds. The minimum absolute atomic E-state index is 0.150. The second-order valence-electron chi connectivity index (χ2n) is 2.52. The Morgan fingerprint density at radius 1 is 1.73 bits per heavy atom. The third kappa shape index (κ3) is 2.30. The van der Waals surface area contributed by atoms with Crippen molar-refractivity contribution in [2.24, 2.45) is 0 Å². The molecule has 0 spiro atoms. The van der Waals surface area contributed by atoms with E-state index in [2.05, 4.69) is 6.08 Å². The Kier molecular flexibility index (Phi) is 3.03. The molecule has 0 aromatic heterocycles. The molecule has 0 N–H and O–H groups in total. The zero-order valence-electron chi connectivity index (χ0n) is 6.71. The van der Waals surface area contributed by atoms with Crippen molar-refractivity contribution in [3.05, 3.63) is 23.8 Å². The predicted octanol–water partition coefficient (Wildman–Crippen LogP) is 1.39. The first-order valence-corrected chi connectivity index (χ1v) is 3.87. The molecule has 0 unspecified atom stereocenters. The molecule has 56 valence electrons. The van der Waals surface area contributed by atoms with Gasteiger partial charge in [-0.1, -0.05) is 0 Å². The van der Waals surface area contributed by atoms with Gasteiger partial charge in [-0.3, -0.25) is 0 Å². The van der Waals surface area contributed by atoms with Crippen LogP contribution in [0, 0.1) is 0 Å². The molecule has 1 nitrogen and oxygen atoms in total. The number of allylic oxidation sites excluding steroid dienone is 4. The van der Waals surface area contributed by atoms with Crippen molar-refractivity contribution in [3.63, 3.8) is 0 Å². The molecule has 11 heavy (non-hydrogen) atoms. The summed E-state index contributed by atoms with van der Waals surface area (Å²) >= 11 is 0. The van der Waals surface area contributed by atoms with Crippen LogP contribution >= 0.6 is 0 Å². The molecule has 0 atom stereocenters. The van der Waals surface area contributed by atoms with Gasteiger partial charge in [0, 0.05) is 0 Å². The van der Waals surface area contributed by atoms with E-state index in [0.717, 1.165) is 18.4 Å². The van der Waals surface area contributed by atoms with E-state index in [1.54, 1.807) is 12.9 Å². The van der Waals surface area contributed by atoms with Crippen molar-refractivity contribution in [3.8, 4) is 0 Å². The summed E-state index contributed by atoms with van der Waals surface area (Å²) < 4.78 is 0. The molecule has 0 bridgehead atoms. The quantitative estimate of drug-likeness (QED) is 0.538. The maximum absolute atomic E-state index is 11.2. The Bertz CT molecular complexity index is 236. The zero-order valence-corrected chi connectivity index (χ0v) is 6.71. The van der Waals surface area contributed by atoms with Gasteiger partial charge in [-0.15, -0.1) is 0 Å². The van der Waals surface area contributed by atoms with Gasteiger partial charge in [0.05, 0.1) is 0 Å². The van der Waals surface area contributed by atoms with Gasteiger partial charge in [0.25, 0.3) is 0 Å². The van der Waals surface area contributed by atoms with E-state index in [-0.39, 0.29) is 5.78 Å². The van der Waals surface area contributed by atoms with Crippen molar-refractivity contribution in [1.82, 2.24) is 0 Å². The number of carbonyl (C=O) groups is 1. The summed E-state index contributed by atoms with van der Waals surface area (Å²) in [6.45, 7) is 3.64. The van der Waals surface area contributed by atoms with Crippen molar-refractivity contribution in [1.29, 1.82) is 0 Å². The fraction of sp³-hybridized carbons (Fsp3) is 0.333. The summed E-state index contributed by atoms with van der Waals surface area (Å²) in [6.07, 6.45) is 7.80. The van der Waals surface area contributed by atoms with Crippen molar-refractivity contribution >= 4 is 18.7 Å². The van der Waals surface area contributed by atoms with Crippen LogP contribution in [0.15, 0.2) is 23.8 Å². The summed E-state index contributed by atoms with van der Waals surface area (Å²) in [5.74, 6) is 1.77. The molecule has 1 aliphatic carbocycles. The van der Waals surface area contributed by atoms with Gasteiger partial charge in [-0.05, 0) is 0 Å². The van der Waals surface area contributed by atoms with E-state index in [0.29, 0.717) is 0 Å². The topological polar surface area (TPSA) is 17.1 Å². The monoisotopic (exact) mass is 146 g/mol. The number of hydrogen-bond acceptors (Lipinski definition) is 1. The third-order valence-electron chi connectivity index (χ3n) is 1.65. The molecule has 0 aromatic rings. The molecule has 0 saturated heterocycles. The molecule has 1 aliphatic rings. The molecule has 0 aliphatic heterocycles. The van der Waals surface area contributed by atoms with Crippen LogP contribution < -0.4 is 0 Å². The first-order valence-electron chi connectivity index (χ1n) is 3.87. The molecule has 1 rings (SSSR count). The van der Waals surface area contributed by atoms with E-state index in [4.69, 9.17) is 0 Å². The van der Waals surface area contributed by atoms with Gasteiger partial charge in [-0.25, -0.2) is 0 Å². The average molecular weight is 146 g/mol. The second kappa shape index (κ2) is 4.07. The van der Waals surface area contributed by atoms with Gasteiger partial charge in [0.15, 0.2) is 0 Å². The van der Waals surface area contributed by atoms with Gasteiger partial charge < -0.3 is 0 Å². The molecular formula is C9H11BO. The minimum atomic E-state index is 0.150. The van der Waals surface area contributed by atoms with E-state index in [9.17, 15) is 4.79 Å². The molecular weight excluding hydrogens is 135 g/mol. The van der Waals surface area contributed by atoms with E-state index >= 15 is 0 Å². The van der Waals surface area contributed by atoms with Gasteiger partial charge in [-0.2, -0.15) is 0 Å². The first-order chi connectivity index (χ1) is 5.34. The van der Waals surface area contributed by atoms with Crippen molar-refractivity contribution in [2.45, 2.75) is 19.7 Å². The predicted molar refractivity (Wildman–Crippen MR) is 49.1 cm³/mol. The fourth-order valence-corrected chi connectivity index (χ4v) is 1.07. The van der Waals surface area contributed by atoms with Crippen LogP contribution in [0.2, 0.25) is 6.82 Å². The summed E-state index contributed by atoms with van der Waals surface area (Å²) in [7, 11) is 0. The maximum atomic E-state index is 11.2. The summed E-state index contributed by atoms with van der Waals surface area (Å²) in [5.41, 5.74) is 0.922. The van der Waals surface area contributed by atoms with Gasteiger partial charge >= 0.3 is 66.9 Å². The van der Waals surface area contributed by atoms with Crippen molar-refractivity contribution in [2.75, 3.05) is 0 Å². The molecule has 0 saturated carbocycles. The average Bonchev–Trinajstić information content (AvgIpc) is 2.07. The zero-order chi connectivity index (χ0) is 8.10. The Hall–Kier alpha value is -0.915. The number of Topliss-reactive ketones (excluding diaryl/α,β-unsaturated/α-hetero) is 1. The van der Waals surface area contributed by atoms with Crippen LogP contribution in [0.4, 0.5) is 0 Å². The van der Waals surface area contributed by atoms with E-state index in [1.165, 1.54) is 0 Å². The molecule has 0 aromatic carbocycles. The fourth-order valence-electron chi connectivity index (χ4n) is 1.07. The summed E-state index contributed by atoms with van der Waals surface area (Å²) in [6, 6.07) is 0. The first kappa shape index (κ1) is 8.18. The number of hydrogen-bond donors (Lipinski definition) is 0. The SMILES string of the molecule is CB=CC(=O)C1=CC=CCC1. The molecule has 0 heterocycles. The van der Waals surface area contributed by atoms with Crippen LogP contribution in [0.25, 0.3) is 0 Å². The Labute approximate surface area is 67.7 Å². The molecule has 0 fully saturated rings. The number of ketones is 1. The van der Waals surface area contributed by atoms with Crippen LogP contribution in [0.3, 0.4) is 0 Å². The normalized spacial score (nSPS) is 16.3. The van der Waals surface area contributed by atoms with Gasteiger partial charge in [0.1, 0.15) is 0 Å². The third-order valence-corrected chi connectivity index (χ3v) is 1.65. The summed E-state index contributed by atoms with van der Waals surface area (Å²) in [5, 5.41) is 0. The van der Waals surface area contributed by atoms with Gasteiger partial charge in [0.2, 0.25) is 0 Å². The van der Waals surface area contributed by atoms with E-state index in [1.807, 2.05) is 19.0 Å². The van der Waals surface area contributed by atoms with Crippen LogP contribution in [0.5, 0.6) is 0 Å².